The fourth-order valence-corrected chi connectivity index (χ4v) is 2.95. The van der Waals surface area contributed by atoms with Crippen molar-refractivity contribution < 1.29 is 0 Å². The van der Waals surface area contributed by atoms with E-state index >= 15 is 0 Å². The molecule has 2 heterocycles. The highest BCUT2D eigenvalue weighted by Gasteiger charge is 2.35. The zero-order chi connectivity index (χ0) is 13.1. The Morgan fingerprint density at radius 1 is 0.947 bits per heavy atom. The lowest BCUT2D eigenvalue weighted by Crippen LogP contribution is -2.29. The number of hydrogen-bond acceptors (Lipinski definition) is 2. The van der Waals surface area contributed by atoms with Gasteiger partial charge in [-0.3, -0.25) is 9.97 Å². The highest BCUT2D eigenvalue weighted by Crippen LogP contribution is 2.41. The highest BCUT2D eigenvalue weighted by molar-refractivity contribution is 7.22. The van der Waals surface area contributed by atoms with Gasteiger partial charge in [0.25, 0.3) is 0 Å². The van der Waals surface area contributed by atoms with Gasteiger partial charge in [-0.15, -0.1) is 9.24 Å². The van der Waals surface area contributed by atoms with Crippen molar-refractivity contribution in [2.24, 2.45) is 0 Å². The predicted octanol–water partition coefficient (Wildman–Crippen LogP) is 3.48. The first kappa shape index (κ1) is 12.3. The number of pyridine rings is 2. The maximum Gasteiger partial charge on any atom is 0.0770 e. The maximum atomic E-state index is 4.56. The Morgan fingerprint density at radius 3 is 2.05 bits per heavy atom. The van der Waals surface area contributed by atoms with Gasteiger partial charge in [0.05, 0.1) is 16.8 Å². The summed E-state index contributed by atoms with van der Waals surface area (Å²) in [5.41, 5.74) is 1.82. The van der Waals surface area contributed by atoms with Gasteiger partial charge < -0.3 is 0 Å². The predicted molar refractivity (Wildman–Crippen MR) is 80.8 cm³/mol. The fourth-order valence-electron chi connectivity index (χ4n) is 2.51. The molecule has 0 radical (unpaired) electrons. The quantitative estimate of drug-likeness (QED) is 0.778. The SMILES string of the molecule is PC1=CC=CC(c2ccccn2)(c2ccccn2)C1. The molecule has 3 heteroatoms. The topological polar surface area (TPSA) is 25.8 Å². The van der Waals surface area contributed by atoms with E-state index in [2.05, 4.69) is 49.6 Å². The zero-order valence-corrected chi connectivity index (χ0v) is 11.7. The van der Waals surface area contributed by atoms with Crippen LogP contribution in [0.25, 0.3) is 0 Å². The third kappa shape index (κ3) is 2.24. The molecular weight excluding hydrogens is 251 g/mol. The summed E-state index contributed by atoms with van der Waals surface area (Å²) in [4.78, 5) is 9.12. The van der Waals surface area contributed by atoms with Crippen molar-refractivity contribution >= 4 is 9.24 Å². The Kier molecular flexibility index (Phi) is 3.27. The monoisotopic (exact) mass is 266 g/mol. The Balaban J connectivity index is 2.18. The van der Waals surface area contributed by atoms with E-state index in [1.54, 1.807) is 0 Å². The molecule has 0 saturated heterocycles. The van der Waals surface area contributed by atoms with Gasteiger partial charge in [-0.25, -0.2) is 0 Å². The van der Waals surface area contributed by atoms with Crippen LogP contribution >= 0.6 is 9.24 Å². The van der Waals surface area contributed by atoms with Crippen LogP contribution in [0.4, 0.5) is 0 Å². The van der Waals surface area contributed by atoms with E-state index in [4.69, 9.17) is 0 Å². The molecule has 2 aromatic heterocycles. The third-order valence-corrected chi connectivity index (χ3v) is 3.81. The lowest BCUT2D eigenvalue weighted by molar-refractivity contribution is 0.599. The first-order valence-electron chi connectivity index (χ1n) is 6.28. The largest absolute Gasteiger partial charge is 0.260 e. The summed E-state index contributed by atoms with van der Waals surface area (Å²) in [5.74, 6) is 0. The van der Waals surface area contributed by atoms with Crippen molar-refractivity contribution in [3.8, 4) is 0 Å². The van der Waals surface area contributed by atoms with Gasteiger partial charge in [-0.1, -0.05) is 35.7 Å². The van der Waals surface area contributed by atoms with Gasteiger partial charge in [0.1, 0.15) is 0 Å². The molecule has 3 rings (SSSR count). The van der Waals surface area contributed by atoms with Crippen molar-refractivity contribution in [1.82, 2.24) is 9.97 Å². The molecule has 0 aliphatic heterocycles. The minimum atomic E-state index is -0.256. The van der Waals surface area contributed by atoms with Crippen LogP contribution in [0.3, 0.4) is 0 Å². The summed E-state index contributed by atoms with van der Waals surface area (Å²) < 4.78 is 0. The van der Waals surface area contributed by atoms with Crippen molar-refractivity contribution in [1.29, 1.82) is 0 Å². The highest BCUT2D eigenvalue weighted by atomic mass is 31.0. The summed E-state index contributed by atoms with van der Waals surface area (Å²) >= 11 is 0. The van der Waals surface area contributed by atoms with Crippen LogP contribution in [0.1, 0.15) is 17.8 Å². The molecule has 1 aliphatic rings. The average Bonchev–Trinajstić information content (AvgIpc) is 2.49. The van der Waals surface area contributed by atoms with Crippen LogP contribution in [0, 0.1) is 0 Å². The van der Waals surface area contributed by atoms with Crippen molar-refractivity contribution in [3.05, 3.63) is 83.7 Å². The Morgan fingerprint density at radius 2 is 1.58 bits per heavy atom. The molecule has 0 N–H and O–H groups in total. The molecule has 94 valence electrons. The Labute approximate surface area is 115 Å². The molecule has 1 unspecified atom stereocenters. The molecule has 2 nitrogen and oxygen atoms in total. The van der Waals surface area contributed by atoms with Gasteiger partial charge in [-0.05, 0) is 30.7 Å². The number of aromatic nitrogens is 2. The number of nitrogens with zero attached hydrogens (tertiary/aromatic N) is 2. The van der Waals surface area contributed by atoms with E-state index < -0.39 is 0 Å². The van der Waals surface area contributed by atoms with E-state index in [1.807, 2.05) is 36.7 Å². The molecule has 0 bridgehead atoms. The second-order valence-electron chi connectivity index (χ2n) is 4.68. The van der Waals surface area contributed by atoms with E-state index in [9.17, 15) is 0 Å². The number of allylic oxidation sites excluding steroid dienone is 4. The van der Waals surface area contributed by atoms with Crippen molar-refractivity contribution in [2.75, 3.05) is 0 Å². The van der Waals surface area contributed by atoms with Crippen LogP contribution in [0.5, 0.6) is 0 Å². The lowest BCUT2D eigenvalue weighted by atomic mass is 9.75. The zero-order valence-electron chi connectivity index (χ0n) is 10.5. The average molecular weight is 266 g/mol. The van der Waals surface area contributed by atoms with Crippen LogP contribution in [0.15, 0.2) is 72.3 Å². The Bertz CT molecular complexity index is 578. The van der Waals surface area contributed by atoms with Crippen LogP contribution in [-0.4, -0.2) is 9.97 Å². The summed E-state index contributed by atoms with van der Waals surface area (Å²) in [6.45, 7) is 0. The smallest absolute Gasteiger partial charge is 0.0770 e. The maximum absolute atomic E-state index is 4.56. The first-order valence-corrected chi connectivity index (χ1v) is 6.86. The number of rotatable bonds is 2. The van der Waals surface area contributed by atoms with Crippen molar-refractivity contribution in [3.63, 3.8) is 0 Å². The van der Waals surface area contributed by atoms with E-state index in [-0.39, 0.29) is 5.41 Å². The van der Waals surface area contributed by atoms with Gasteiger partial charge in [0.2, 0.25) is 0 Å². The molecular formula is C16H15N2P. The third-order valence-electron chi connectivity index (χ3n) is 3.42. The lowest BCUT2D eigenvalue weighted by Gasteiger charge is -2.32. The van der Waals surface area contributed by atoms with Gasteiger partial charge >= 0.3 is 0 Å². The molecule has 0 saturated carbocycles. The second-order valence-corrected chi connectivity index (χ2v) is 5.42. The molecule has 0 spiro atoms. The molecule has 0 amide bonds. The molecule has 0 aromatic carbocycles. The fraction of sp³-hybridized carbons (Fsp3) is 0.125. The van der Waals surface area contributed by atoms with Crippen LogP contribution in [-0.2, 0) is 5.41 Å². The minimum Gasteiger partial charge on any atom is -0.260 e. The molecule has 19 heavy (non-hydrogen) atoms. The van der Waals surface area contributed by atoms with Crippen LogP contribution in [0.2, 0.25) is 0 Å². The second kappa shape index (κ2) is 5.07. The molecule has 0 fully saturated rings. The summed E-state index contributed by atoms with van der Waals surface area (Å²) in [5, 5.41) is 1.26. The van der Waals surface area contributed by atoms with Gasteiger partial charge in [0.15, 0.2) is 0 Å². The molecule has 1 atom stereocenters. The summed E-state index contributed by atoms with van der Waals surface area (Å²) in [7, 11) is 2.80. The first-order chi connectivity index (χ1) is 9.31. The van der Waals surface area contributed by atoms with E-state index in [0.29, 0.717) is 0 Å². The standard InChI is InChI=1S/C16H15N2P/c19-13-6-5-9-16(12-13,14-7-1-3-10-17-14)15-8-2-4-11-18-15/h1-11H,12,19H2. The number of hydrogen-bond donors (Lipinski definition) is 0. The molecule has 2 aromatic rings. The normalized spacial score (nSPS) is 17.0. The van der Waals surface area contributed by atoms with Crippen molar-refractivity contribution in [2.45, 2.75) is 11.8 Å². The van der Waals surface area contributed by atoms with E-state index in [0.717, 1.165) is 17.8 Å². The van der Waals surface area contributed by atoms with Gasteiger partial charge in [-0.2, -0.15) is 0 Å². The Hall–Kier alpha value is -1.79. The molecule has 1 aliphatic carbocycles. The minimum absolute atomic E-state index is 0.256. The summed E-state index contributed by atoms with van der Waals surface area (Å²) in [6, 6.07) is 12.1. The van der Waals surface area contributed by atoms with Gasteiger partial charge in [0, 0.05) is 12.4 Å². The summed E-state index contributed by atoms with van der Waals surface area (Å²) in [6.07, 6.45) is 11.0. The van der Waals surface area contributed by atoms with E-state index in [1.165, 1.54) is 5.31 Å². The van der Waals surface area contributed by atoms with Crippen LogP contribution < -0.4 is 0 Å².